The summed E-state index contributed by atoms with van der Waals surface area (Å²) < 4.78 is 5.11. The minimum atomic E-state index is 0.760. The number of hydrogen-bond acceptors (Lipinski definition) is 3. The zero-order chi connectivity index (χ0) is 13.4. The predicted molar refractivity (Wildman–Crippen MR) is 78.3 cm³/mol. The molecule has 1 N–H and O–H groups in total. The van der Waals surface area contributed by atoms with E-state index in [1.54, 1.807) is 7.11 Å². The maximum Gasteiger partial charge on any atom is 0.0637 e. The van der Waals surface area contributed by atoms with Gasteiger partial charge in [0.2, 0.25) is 0 Å². The second-order valence-electron chi connectivity index (χ2n) is 4.71. The fourth-order valence-corrected chi connectivity index (χ4v) is 2.01. The third kappa shape index (κ3) is 4.67. The van der Waals surface area contributed by atoms with Crippen molar-refractivity contribution in [2.75, 3.05) is 38.8 Å². The molecule has 0 aliphatic rings. The second-order valence-corrected chi connectivity index (χ2v) is 4.71. The van der Waals surface area contributed by atoms with Gasteiger partial charge in [0.25, 0.3) is 0 Å². The number of ether oxygens (including phenoxy) is 1. The van der Waals surface area contributed by atoms with E-state index in [-0.39, 0.29) is 0 Å². The monoisotopic (exact) mass is 250 g/mol. The fourth-order valence-electron chi connectivity index (χ4n) is 2.01. The second kappa shape index (κ2) is 8.11. The Hall–Kier alpha value is -1.06. The highest BCUT2D eigenvalue weighted by Gasteiger charge is 2.05. The lowest BCUT2D eigenvalue weighted by molar-refractivity contribution is 0.206. The van der Waals surface area contributed by atoms with Crippen molar-refractivity contribution in [1.82, 2.24) is 5.32 Å². The summed E-state index contributed by atoms with van der Waals surface area (Å²) in [4.78, 5) is 2.24. The van der Waals surface area contributed by atoms with Gasteiger partial charge in [-0.3, -0.25) is 0 Å². The summed E-state index contributed by atoms with van der Waals surface area (Å²) in [6.07, 6.45) is 1.18. The maximum atomic E-state index is 5.11. The molecule has 0 fully saturated rings. The van der Waals surface area contributed by atoms with Crippen LogP contribution in [0.5, 0.6) is 0 Å². The molecule has 0 spiro atoms. The van der Waals surface area contributed by atoms with Gasteiger partial charge < -0.3 is 15.0 Å². The van der Waals surface area contributed by atoms with Crippen molar-refractivity contribution in [2.45, 2.75) is 26.8 Å². The van der Waals surface area contributed by atoms with E-state index in [9.17, 15) is 0 Å². The van der Waals surface area contributed by atoms with Crippen LogP contribution in [0.2, 0.25) is 0 Å². The SMILES string of the molecule is CCCNCc1ccc(N(C)CCOC)c(C)c1. The smallest absolute Gasteiger partial charge is 0.0637 e. The van der Waals surface area contributed by atoms with Crippen LogP contribution in [-0.4, -0.2) is 33.9 Å². The summed E-state index contributed by atoms with van der Waals surface area (Å²) in [5.74, 6) is 0. The molecule has 18 heavy (non-hydrogen) atoms. The Labute approximate surface area is 111 Å². The molecule has 0 atom stereocenters. The zero-order valence-corrected chi connectivity index (χ0v) is 12.1. The first kappa shape index (κ1) is 15.0. The van der Waals surface area contributed by atoms with Gasteiger partial charge >= 0.3 is 0 Å². The molecule has 1 aromatic rings. The average molecular weight is 250 g/mol. The third-order valence-electron chi connectivity index (χ3n) is 3.06. The number of hydrogen-bond donors (Lipinski definition) is 1. The van der Waals surface area contributed by atoms with Gasteiger partial charge in [-0.25, -0.2) is 0 Å². The molecule has 1 rings (SSSR count). The molecule has 0 saturated heterocycles. The number of likely N-dealkylation sites (N-methyl/N-ethyl adjacent to an activating group) is 1. The molecule has 102 valence electrons. The van der Waals surface area contributed by atoms with Gasteiger partial charge in [0.05, 0.1) is 6.61 Å². The minimum absolute atomic E-state index is 0.760. The van der Waals surface area contributed by atoms with Gasteiger partial charge in [0.1, 0.15) is 0 Å². The van der Waals surface area contributed by atoms with Crippen LogP contribution in [0.25, 0.3) is 0 Å². The van der Waals surface area contributed by atoms with E-state index in [0.29, 0.717) is 0 Å². The molecular weight excluding hydrogens is 224 g/mol. The van der Waals surface area contributed by atoms with Crippen LogP contribution in [-0.2, 0) is 11.3 Å². The zero-order valence-electron chi connectivity index (χ0n) is 12.1. The maximum absolute atomic E-state index is 5.11. The Kier molecular flexibility index (Phi) is 6.76. The minimum Gasteiger partial charge on any atom is -0.383 e. The summed E-state index contributed by atoms with van der Waals surface area (Å²) >= 11 is 0. The van der Waals surface area contributed by atoms with E-state index in [1.807, 2.05) is 0 Å². The van der Waals surface area contributed by atoms with Crippen molar-refractivity contribution in [3.63, 3.8) is 0 Å². The Bertz CT molecular complexity index is 352. The number of nitrogens with one attached hydrogen (secondary N) is 1. The lowest BCUT2D eigenvalue weighted by atomic mass is 10.1. The summed E-state index contributed by atoms with van der Waals surface area (Å²) in [5, 5.41) is 3.43. The Morgan fingerprint density at radius 2 is 2.11 bits per heavy atom. The molecule has 0 aromatic heterocycles. The summed E-state index contributed by atoms with van der Waals surface area (Å²) in [6.45, 7) is 8.07. The first-order chi connectivity index (χ1) is 8.69. The highest BCUT2D eigenvalue weighted by atomic mass is 16.5. The van der Waals surface area contributed by atoms with Crippen LogP contribution < -0.4 is 10.2 Å². The van der Waals surface area contributed by atoms with E-state index < -0.39 is 0 Å². The van der Waals surface area contributed by atoms with Crippen LogP contribution in [0.1, 0.15) is 24.5 Å². The molecule has 3 heteroatoms. The quantitative estimate of drug-likeness (QED) is 0.718. The van der Waals surface area contributed by atoms with Crippen LogP contribution in [0.4, 0.5) is 5.69 Å². The lowest BCUT2D eigenvalue weighted by Gasteiger charge is -2.21. The van der Waals surface area contributed by atoms with Gasteiger partial charge in [-0.1, -0.05) is 19.1 Å². The number of nitrogens with zero attached hydrogens (tertiary/aromatic N) is 1. The Balaban J connectivity index is 2.61. The van der Waals surface area contributed by atoms with Crippen molar-refractivity contribution < 1.29 is 4.74 Å². The Morgan fingerprint density at radius 1 is 1.33 bits per heavy atom. The normalized spacial score (nSPS) is 10.7. The van der Waals surface area contributed by atoms with Crippen LogP contribution >= 0.6 is 0 Å². The standard InChI is InChI=1S/C15H26N2O/c1-5-8-16-12-14-6-7-15(13(2)11-14)17(3)9-10-18-4/h6-7,11,16H,5,8-10,12H2,1-4H3. The van der Waals surface area contributed by atoms with E-state index in [1.165, 1.54) is 23.2 Å². The number of benzene rings is 1. The van der Waals surface area contributed by atoms with Crippen LogP contribution in [0.3, 0.4) is 0 Å². The molecule has 0 aliphatic carbocycles. The van der Waals surface area contributed by atoms with E-state index in [0.717, 1.165) is 26.2 Å². The first-order valence-electron chi connectivity index (χ1n) is 6.69. The molecule has 1 aromatic carbocycles. The fraction of sp³-hybridized carbons (Fsp3) is 0.600. The molecule has 0 radical (unpaired) electrons. The van der Waals surface area contributed by atoms with Crippen molar-refractivity contribution in [3.05, 3.63) is 29.3 Å². The summed E-state index contributed by atoms with van der Waals surface area (Å²) in [6, 6.07) is 6.67. The molecule has 0 heterocycles. The summed E-state index contributed by atoms with van der Waals surface area (Å²) in [5.41, 5.74) is 3.96. The molecule has 0 aliphatic heterocycles. The van der Waals surface area contributed by atoms with Crippen molar-refractivity contribution in [3.8, 4) is 0 Å². The molecular formula is C15H26N2O. The largest absolute Gasteiger partial charge is 0.383 e. The predicted octanol–water partition coefficient (Wildman–Crippen LogP) is 2.58. The number of rotatable bonds is 8. The van der Waals surface area contributed by atoms with Crippen LogP contribution in [0.15, 0.2) is 18.2 Å². The highest BCUT2D eigenvalue weighted by molar-refractivity contribution is 5.53. The molecule has 0 unspecified atom stereocenters. The van der Waals surface area contributed by atoms with Crippen molar-refractivity contribution in [2.24, 2.45) is 0 Å². The van der Waals surface area contributed by atoms with Gasteiger partial charge in [-0.05, 0) is 37.1 Å². The lowest BCUT2D eigenvalue weighted by Crippen LogP contribution is -2.23. The van der Waals surface area contributed by atoms with Gasteiger partial charge in [0.15, 0.2) is 0 Å². The van der Waals surface area contributed by atoms with Gasteiger partial charge in [-0.2, -0.15) is 0 Å². The van der Waals surface area contributed by atoms with Crippen LogP contribution in [0, 0.1) is 6.92 Å². The number of methoxy groups -OCH3 is 1. The van der Waals surface area contributed by atoms with E-state index >= 15 is 0 Å². The molecule has 3 nitrogen and oxygen atoms in total. The highest BCUT2D eigenvalue weighted by Crippen LogP contribution is 2.20. The topological polar surface area (TPSA) is 24.5 Å². The van der Waals surface area contributed by atoms with Crippen molar-refractivity contribution >= 4 is 5.69 Å². The van der Waals surface area contributed by atoms with Gasteiger partial charge in [-0.15, -0.1) is 0 Å². The average Bonchev–Trinajstić information content (AvgIpc) is 2.36. The molecule has 0 amide bonds. The Morgan fingerprint density at radius 3 is 2.72 bits per heavy atom. The van der Waals surface area contributed by atoms with Gasteiger partial charge in [0, 0.05) is 32.9 Å². The summed E-state index contributed by atoms with van der Waals surface area (Å²) in [7, 11) is 3.85. The van der Waals surface area contributed by atoms with Crippen molar-refractivity contribution in [1.29, 1.82) is 0 Å². The molecule has 0 saturated carbocycles. The number of aryl methyl sites for hydroxylation is 1. The molecule has 0 bridgehead atoms. The third-order valence-corrected chi connectivity index (χ3v) is 3.06. The number of anilines is 1. The van der Waals surface area contributed by atoms with E-state index in [2.05, 4.69) is 49.3 Å². The van der Waals surface area contributed by atoms with E-state index in [4.69, 9.17) is 4.74 Å². The first-order valence-corrected chi connectivity index (χ1v) is 6.69.